The van der Waals surface area contributed by atoms with Crippen molar-refractivity contribution in [3.63, 3.8) is 0 Å². The molecule has 1 amide bonds. The second kappa shape index (κ2) is 8.95. The van der Waals surface area contributed by atoms with Crippen LogP contribution in [0.25, 0.3) is 22.0 Å². The number of H-pyrrole nitrogens is 1. The van der Waals surface area contributed by atoms with Crippen LogP contribution in [-0.4, -0.2) is 29.4 Å². The van der Waals surface area contributed by atoms with Crippen LogP contribution in [0.2, 0.25) is 0 Å². The Balaban J connectivity index is 1.93. The third-order valence-electron chi connectivity index (χ3n) is 6.09. The molecule has 0 radical (unpaired) electrons. The number of rotatable bonds is 5. The first-order chi connectivity index (χ1) is 16.6. The number of nitrogens with one attached hydrogen (secondary N) is 1. The molecule has 0 fully saturated rings. The van der Waals surface area contributed by atoms with Gasteiger partial charge in [-0.15, -0.1) is 0 Å². The Morgan fingerprint density at radius 3 is 2.68 bits per heavy atom. The molecule has 1 aliphatic heterocycles. The molecule has 2 heterocycles. The fraction of sp³-hybridized carbons (Fsp3) is 0.231. The summed E-state index contributed by atoms with van der Waals surface area (Å²) >= 11 is 1.35. The number of hydrogen-bond acceptors (Lipinski definition) is 5. The second-order valence-corrected chi connectivity index (χ2v) is 8.86. The van der Waals surface area contributed by atoms with Gasteiger partial charge in [-0.25, -0.2) is 4.90 Å². The Morgan fingerprint density at radius 2 is 1.91 bits per heavy atom. The zero-order valence-electron chi connectivity index (χ0n) is 19.2. The van der Waals surface area contributed by atoms with E-state index < -0.39 is 6.17 Å². The molecule has 5 rings (SSSR count). The van der Waals surface area contributed by atoms with E-state index >= 15 is 0 Å². The van der Waals surface area contributed by atoms with Gasteiger partial charge in [0.25, 0.3) is 6.17 Å². The van der Waals surface area contributed by atoms with Crippen LogP contribution < -0.4 is 19.9 Å². The number of benzene rings is 3. The van der Waals surface area contributed by atoms with Crippen LogP contribution in [0.3, 0.4) is 0 Å². The summed E-state index contributed by atoms with van der Waals surface area (Å²) in [5, 5.41) is 7.22. The van der Waals surface area contributed by atoms with E-state index in [9.17, 15) is 9.59 Å². The van der Waals surface area contributed by atoms with Crippen LogP contribution >= 0.6 is 11.8 Å². The summed E-state index contributed by atoms with van der Waals surface area (Å²) in [5.74, 6) is 0.587. The average molecular weight is 474 g/mol. The lowest BCUT2D eigenvalue weighted by molar-refractivity contribution is -0.763. The number of fused-ring (bicyclic) bond motifs is 4. The summed E-state index contributed by atoms with van der Waals surface area (Å²) in [6.45, 7) is 1.98. The van der Waals surface area contributed by atoms with Crippen molar-refractivity contribution in [2.45, 2.75) is 31.1 Å². The lowest BCUT2D eigenvalue weighted by Gasteiger charge is -2.33. The number of hydrogen-bond donors (Lipinski definition) is 1. The van der Waals surface area contributed by atoms with Crippen molar-refractivity contribution in [3.8, 4) is 17.0 Å². The van der Waals surface area contributed by atoms with Crippen LogP contribution in [0.4, 0.5) is 5.69 Å². The molecule has 8 heteroatoms. The van der Waals surface area contributed by atoms with E-state index in [1.807, 2.05) is 73.8 Å². The SMILES string of the molecule is CCCC(=O)N1c2ccccc2-c2c(=O)[nH]c(SC)n[n+]2C1c1c(OC)ccc2ccccc12. The summed E-state index contributed by atoms with van der Waals surface area (Å²) in [7, 11) is 1.62. The van der Waals surface area contributed by atoms with Gasteiger partial charge in [0.15, 0.2) is 0 Å². The molecule has 0 bridgehead atoms. The van der Waals surface area contributed by atoms with Crippen molar-refractivity contribution < 1.29 is 14.2 Å². The Morgan fingerprint density at radius 1 is 1.15 bits per heavy atom. The minimum atomic E-state index is -0.696. The highest BCUT2D eigenvalue weighted by Gasteiger charge is 2.47. The molecule has 3 aromatic carbocycles. The van der Waals surface area contributed by atoms with Crippen LogP contribution in [0, 0.1) is 0 Å². The second-order valence-electron chi connectivity index (χ2n) is 8.06. The van der Waals surface area contributed by atoms with E-state index in [1.54, 1.807) is 16.7 Å². The van der Waals surface area contributed by atoms with Crippen LogP contribution in [0.15, 0.2) is 70.6 Å². The van der Waals surface area contributed by atoms with Crippen molar-refractivity contribution in [2.24, 2.45) is 0 Å². The van der Waals surface area contributed by atoms with Gasteiger partial charge >= 0.3 is 11.3 Å². The van der Waals surface area contributed by atoms with E-state index in [2.05, 4.69) is 4.98 Å². The van der Waals surface area contributed by atoms with Gasteiger partial charge in [0.1, 0.15) is 5.75 Å². The van der Waals surface area contributed by atoms with Crippen molar-refractivity contribution >= 4 is 34.1 Å². The molecule has 4 aromatic rings. The fourth-order valence-corrected chi connectivity index (χ4v) is 5.01. The maximum Gasteiger partial charge on any atom is 0.325 e. The Hall–Kier alpha value is -3.65. The molecule has 1 N–H and O–H groups in total. The van der Waals surface area contributed by atoms with Crippen LogP contribution in [-0.2, 0) is 4.79 Å². The highest BCUT2D eigenvalue weighted by molar-refractivity contribution is 7.98. The number of amides is 1. The smallest absolute Gasteiger partial charge is 0.325 e. The molecule has 0 saturated carbocycles. The van der Waals surface area contributed by atoms with E-state index in [0.29, 0.717) is 40.7 Å². The molecule has 7 nitrogen and oxygen atoms in total. The average Bonchev–Trinajstić information content (AvgIpc) is 2.87. The minimum absolute atomic E-state index is 0.0409. The molecule has 1 unspecified atom stereocenters. The molecule has 0 saturated heterocycles. The highest BCUT2D eigenvalue weighted by atomic mass is 32.2. The molecule has 1 aliphatic rings. The van der Waals surface area contributed by atoms with Crippen molar-refractivity contribution in [3.05, 3.63) is 76.6 Å². The van der Waals surface area contributed by atoms with Gasteiger partial charge in [-0.1, -0.05) is 61.2 Å². The zero-order valence-corrected chi connectivity index (χ0v) is 20.1. The topological polar surface area (TPSA) is 79.2 Å². The number of methoxy groups -OCH3 is 1. The summed E-state index contributed by atoms with van der Waals surface area (Å²) in [6.07, 6.45) is 2.23. The van der Waals surface area contributed by atoms with E-state index in [4.69, 9.17) is 9.84 Å². The van der Waals surface area contributed by atoms with Gasteiger partial charge in [-0.3, -0.25) is 14.6 Å². The van der Waals surface area contributed by atoms with Gasteiger partial charge in [0.2, 0.25) is 11.1 Å². The monoisotopic (exact) mass is 473 g/mol. The summed E-state index contributed by atoms with van der Waals surface area (Å²) in [6, 6.07) is 19.4. The predicted molar refractivity (Wildman–Crippen MR) is 133 cm³/mol. The Kier molecular flexibility index (Phi) is 5.83. The molecular weight excluding hydrogens is 448 g/mol. The minimum Gasteiger partial charge on any atom is -0.496 e. The summed E-state index contributed by atoms with van der Waals surface area (Å²) in [4.78, 5) is 31.7. The number of anilines is 1. The largest absolute Gasteiger partial charge is 0.496 e. The molecule has 1 atom stereocenters. The number of thioether (sulfide) groups is 1. The first-order valence-electron chi connectivity index (χ1n) is 11.2. The lowest BCUT2D eigenvalue weighted by Crippen LogP contribution is -2.61. The van der Waals surface area contributed by atoms with Crippen molar-refractivity contribution in [1.82, 2.24) is 10.1 Å². The standard InChI is InChI=1S/C26H24N4O3S/c1-4-9-21(31)29-19-13-8-7-12-18(19)23-24(32)27-26(34-3)28-30(23)25(29)22-17-11-6-5-10-16(17)14-15-20(22)33-2/h5-8,10-15,25H,4,9H2,1-3H3/p+1. The fourth-order valence-electron chi connectivity index (χ4n) is 4.65. The molecule has 1 aromatic heterocycles. The molecule has 34 heavy (non-hydrogen) atoms. The number of ether oxygens (including phenoxy) is 1. The highest BCUT2D eigenvalue weighted by Crippen LogP contribution is 2.42. The molecule has 0 spiro atoms. The normalized spacial score (nSPS) is 14.6. The number of nitrogens with zero attached hydrogens (tertiary/aromatic N) is 3. The number of carbonyl (C=O) groups is 1. The molecule has 0 aliphatic carbocycles. The van der Waals surface area contributed by atoms with Gasteiger partial charge < -0.3 is 4.74 Å². The maximum atomic E-state index is 13.7. The van der Waals surface area contributed by atoms with E-state index in [0.717, 1.165) is 16.3 Å². The number of aromatic nitrogens is 3. The Bertz CT molecular complexity index is 1470. The van der Waals surface area contributed by atoms with Crippen LogP contribution in [0.1, 0.15) is 31.5 Å². The van der Waals surface area contributed by atoms with Crippen molar-refractivity contribution in [1.29, 1.82) is 0 Å². The quantitative estimate of drug-likeness (QED) is 0.345. The number of para-hydroxylation sites is 1. The van der Waals surface area contributed by atoms with Gasteiger partial charge in [0, 0.05) is 11.5 Å². The summed E-state index contributed by atoms with van der Waals surface area (Å²) < 4.78 is 7.50. The van der Waals surface area contributed by atoms with Crippen molar-refractivity contribution in [2.75, 3.05) is 18.3 Å². The third-order valence-corrected chi connectivity index (χ3v) is 6.66. The van der Waals surface area contributed by atoms with Gasteiger partial charge in [-0.05, 0) is 46.3 Å². The van der Waals surface area contributed by atoms with Gasteiger partial charge in [0.05, 0.1) is 23.9 Å². The van der Waals surface area contributed by atoms with Gasteiger partial charge in [-0.2, -0.15) is 0 Å². The molecule has 172 valence electrons. The summed E-state index contributed by atoms with van der Waals surface area (Å²) in [5.41, 5.74) is 2.30. The lowest BCUT2D eigenvalue weighted by atomic mass is 9.96. The van der Waals surface area contributed by atoms with E-state index in [1.165, 1.54) is 11.8 Å². The maximum absolute atomic E-state index is 13.7. The zero-order chi connectivity index (χ0) is 23.8. The first kappa shape index (κ1) is 22.2. The predicted octanol–water partition coefficient (Wildman–Crippen LogP) is 4.30. The third kappa shape index (κ3) is 3.45. The number of carbonyl (C=O) groups excluding carboxylic acids is 1. The number of aromatic amines is 1. The molecular formula is C26H25N4O3S+. The van der Waals surface area contributed by atoms with E-state index in [-0.39, 0.29) is 11.5 Å². The van der Waals surface area contributed by atoms with Crippen LogP contribution in [0.5, 0.6) is 5.75 Å². The Labute approximate surface area is 201 Å². The first-order valence-corrected chi connectivity index (χ1v) is 12.4.